The van der Waals surface area contributed by atoms with Crippen LogP contribution in [0.25, 0.3) is 0 Å². The molecule has 0 spiro atoms. The molecule has 3 rings (SSSR count). The normalized spacial score (nSPS) is 11.1. The van der Waals surface area contributed by atoms with Crippen LogP contribution in [0.5, 0.6) is 0 Å². The third-order valence-electron chi connectivity index (χ3n) is 5.27. The summed E-state index contributed by atoms with van der Waals surface area (Å²) in [4.78, 5) is 25.6. The van der Waals surface area contributed by atoms with E-state index in [9.17, 15) is 22.4 Å². The molecule has 3 aromatic carbocycles. The summed E-state index contributed by atoms with van der Waals surface area (Å²) in [7, 11) is -2.59. The van der Waals surface area contributed by atoms with Gasteiger partial charge in [-0.15, -0.1) is 0 Å². The zero-order chi connectivity index (χ0) is 26.1. The Hall–Kier alpha value is -3.76. The Morgan fingerprint density at radius 2 is 1.64 bits per heavy atom. The number of para-hydroxylation sites is 1. The molecule has 2 N–H and O–H groups in total. The van der Waals surface area contributed by atoms with Crippen molar-refractivity contribution >= 4 is 33.2 Å². The average molecular weight is 514 g/mol. The van der Waals surface area contributed by atoms with Gasteiger partial charge < -0.3 is 15.4 Å². The van der Waals surface area contributed by atoms with Crippen molar-refractivity contribution in [3.63, 3.8) is 0 Å². The van der Waals surface area contributed by atoms with Crippen molar-refractivity contribution in [3.05, 3.63) is 89.7 Å². The smallest absolute Gasteiger partial charge is 0.264 e. The number of methoxy groups -OCH3 is 1. The molecule has 0 saturated carbocycles. The SMILES string of the molecule is COCCCNC(=O)c1ccccc1NC(=O)CN(c1ccc(F)cc1)S(=O)(=O)c1ccc(C)cc1. The van der Waals surface area contributed by atoms with E-state index in [1.54, 1.807) is 43.5 Å². The molecule has 3 aromatic rings. The number of halogens is 1. The van der Waals surface area contributed by atoms with Gasteiger partial charge in [0.2, 0.25) is 5.91 Å². The maximum atomic E-state index is 13.5. The van der Waals surface area contributed by atoms with Gasteiger partial charge in [-0.2, -0.15) is 0 Å². The summed E-state index contributed by atoms with van der Waals surface area (Å²) in [5.74, 6) is -1.60. The van der Waals surface area contributed by atoms with Gasteiger partial charge in [-0.05, 0) is 61.9 Å². The molecule has 8 nitrogen and oxygen atoms in total. The summed E-state index contributed by atoms with van der Waals surface area (Å²) < 4.78 is 46.3. The first kappa shape index (κ1) is 26.8. The second kappa shape index (κ2) is 12.3. The number of carbonyl (C=O) groups is 2. The fourth-order valence-electron chi connectivity index (χ4n) is 3.38. The van der Waals surface area contributed by atoms with E-state index in [0.29, 0.717) is 19.6 Å². The lowest BCUT2D eigenvalue weighted by molar-refractivity contribution is -0.114. The van der Waals surface area contributed by atoms with E-state index in [-0.39, 0.29) is 27.7 Å². The van der Waals surface area contributed by atoms with Crippen LogP contribution in [0.3, 0.4) is 0 Å². The summed E-state index contributed by atoms with van der Waals surface area (Å²) in [6.45, 7) is 2.12. The van der Waals surface area contributed by atoms with Crippen LogP contribution in [0, 0.1) is 12.7 Å². The van der Waals surface area contributed by atoms with Gasteiger partial charge >= 0.3 is 0 Å². The van der Waals surface area contributed by atoms with Crippen molar-refractivity contribution < 1.29 is 27.1 Å². The fraction of sp³-hybridized carbons (Fsp3) is 0.231. The molecule has 2 amide bonds. The van der Waals surface area contributed by atoms with Crippen LogP contribution in [-0.2, 0) is 19.6 Å². The summed E-state index contributed by atoms with van der Waals surface area (Å²) in [5, 5.41) is 5.39. The number of carbonyl (C=O) groups excluding carboxylic acids is 2. The van der Waals surface area contributed by atoms with Crippen LogP contribution in [0.15, 0.2) is 77.7 Å². The van der Waals surface area contributed by atoms with Crippen LogP contribution in [-0.4, -0.2) is 47.0 Å². The van der Waals surface area contributed by atoms with E-state index in [1.807, 2.05) is 6.92 Å². The second-order valence-electron chi connectivity index (χ2n) is 8.00. The molecular formula is C26H28FN3O5S. The van der Waals surface area contributed by atoms with E-state index in [2.05, 4.69) is 10.6 Å². The Labute approximate surface area is 210 Å². The second-order valence-corrected chi connectivity index (χ2v) is 9.86. The van der Waals surface area contributed by atoms with Crippen LogP contribution >= 0.6 is 0 Å². The lowest BCUT2D eigenvalue weighted by Crippen LogP contribution is -2.38. The van der Waals surface area contributed by atoms with E-state index in [0.717, 1.165) is 22.0 Å². The number of sulfonamides is 1. The third-order valence-corrected chi connectivity index (χ3v) is 7.06. The summed E-state index contributed by atoms with van der Waals surface area (Å²) in [5.41, 5.74) is 1.46. The maximum absolute atomic E-state index is 13.5. The Morgan fingerprint density at radius 3 is 2.31 bits per heavy atom. The molecule has 0 bridgehead atoms. The van der Waals surface area contributed by atoms with Crippen molar-refractivity contribution in [2.45, 2.75) is 18.2 Å². The van der Waals surface area contributed by atoms with Crippen molar-refractivity contribution in [3.8, 4) is 0 Å². The third kappa shape index (κ3) is 6.89. The number of aryl methyl sites for hydroxylation is 1. The van der Waals surface area contributed by atoms with Crippen LogP contribution < -0.4 is 14.9 Å². The lowest BCUT2D eigenvalue weighted by atomic mass is 10.1. The molecule has 190 valence electrons. The zero-order valence-electron chi connectivity index (χ0n) is 20.0. The Morgan fingerprint density at radius 1 is 0.972 bits per heavy atom. The number of amides is 2. The van der Waals surface area contributed by atoms with Gasteiger partial charge in [0, 0.05) is 20.3 Å². The number of hydrogen-bond donors (Lipinski definition) is 2. The van der Waals surface area contributed by atoms with E-state index in [1.165, 1.54) is 24.3 Å². The largest absolute Gasteiger partial charge is 0.385 e. The highest BCUT2D eigenvalue weighted by Crippen LogP contribution is 2.25. The van der Waals surface area contributed by atoms with Crippen molar-refractivity contribution in [2.75, 3.05) is 36.4 Å². The Kier molecular flexibility index (Phi) is 9.15. The standard InChI is InChI=1S/C26H28FN3O5S/c1-19-8-14-22(15-9-19)36(33,34)30(21-12-10-20(27)11-13-21)18-25(31)29-24-7-4-3-6-23(24)26(32)28-16-5-17-35-2/h3-4,6-15H,5,16-18H2,1-2H3,(H,28,32)(H,29,31). The number of anilines is 2. The van der Waals surface area contributed by atoms with Crippen LogP contribution in [0.2, 0.25) is 0 Å². The number of benzene rings is 3. The van der Waals surface area contributed by atoms with E-state index in [4.69, 9.17) is 4.74 Å². The van der Waals surface area contributed by atoms with Gasteiger partial charge in [-0.25, -0.2) is 12.8 Å². The molecule has 0 aromatic heterocycles. The van der Waals surface area contributed by atoms with Gasteiger partial charge in [0.25, 0.3) is 15.9 Å². The van der Waals surface area contributed by atoms with Crippen molar-refractivity contribution in [1.82, 2.24) is 5.32 Å². The first-order chi connectivity index (χ1) is 17.2. The first-order valence-electron chi connectivity index (χ1n) is 11.2. The predicted octanol–water partition coefficient (Wildman–Crippen LogP) is 3.73. The molecule has 0 aliphatic heterocycles. The molecule has 36 heavy (non-hydrogen) atoms. The highest BCUT2D eigenvalue weighted by molar-refractivity contribution is 7.92. The highest BCUT2D eigenvalue weighted by Gasteiger charge is 2.27. The molecular weight excluding hydrogens is 485 g/mol. The number of nitrogens with zero attached hydrogens (tertiary/aromatic N) is 1. The highest BCUT2D eigenvalue weighted by atomic mass is 32.2. The van der Waals surface area contributed by atoms with E-state index >= 15 is 0 Å². The van der Waals surface area contributed by atoms with Gasteiger partial charge in [0.15, 0.2) is 0 Å². The minimum atomic E-state index is -4.16. The van der Waals surface area contributed by atoms with Crippen LogP contribution in [0.4, 0.5) is 15.8 Å². The molecule has 0 atom stereocenters. The summed E-state index contributed by atoms with van der Waals surface area (Å²) in [6.07, 6.45) is 0.625. The van der Waals surface area contributed by atoms with Crippen molar-refractivity contribution in [2.24, 2.45) is 0 Å². The van der Waals surface area contributed by atoms with Crippen molar-refractivity contribution in [1.29, 1.82) is 0 Å². The number of hydrogen-bond acceptors (Lipinski definition) is 5. The van der Waals surface area contributed by atoms with Gasteiger partial charge in [-0.3, -0.25) is 13.9 Å². The quantitative estimate of drug-likeness (QED) is 0.380. The molecule has 0 fully saturated rings. The van der Waals surface area contributed by atoms with Gasteiger partial charge in [0.05, 0.1) is 21.8 Å². The molecule has 0 aliphatic carbocycles. The minimum Gasteiger partial charge on any atom is -0.385 e. The number of ether oxygens (including phenoxy) is 1. The van der Waals surface area contributed by atoms with Gasteiger partial charge in [0.1, 0.15) is 12.4 Å². The zero-order valence-corrected chi connectivity index (χ0v) is 20.8. The monoisotopic (exact) mass is 513 g/mol. The lowest BCUT2D eigenvalue weighted by Gasteiger charge is -2.24. The average Bonchev–Trinajstić information content (AvgIpc) is 2.86. The first-order valence-corrected chi connectivity index (χ1v) is 12.7. The molecule has 0 radical (unpaired) electrons. The van der Waals surface area contributed by atoms with Gasteiger partial charge in [-0.1, -0.05) is 29.8 Å². The molecule has 10 heteroatoms. The minimum absolute atomic E-state index is 0.0129. The maximum Gasteiger partial charge on any atom is 0.264 e. The summed E-state index contributed by atoms with van der Waals surface area (Å²) in [6, 6.07) is 17.4. The molecule has 0 unspecified atom stereocenters. The molecule has 0 saturated heterocycles. The van der Waals surface area contributed by atoms with E-state index < -0.39 is 28.3 Å². The predicted molar refractivity (Wildman–Crippen MR) is 136 cm³/mol. The summed E-state index contributed by atoms with van der Waals surface area (Å²) >= 11 is 0. The molecule has 0 aliphatic rings. The Bertz CT molecular complexity index is 1300. The molecule has 0 heterocycles. The topological polar surface area (TPSA) is 105 Å². The number of rotatable bonds is 11. The van der Waals surface area contributed by atoms with Crippen LogP contribution in [0.1, 0.15) is 22.3 Å². The Balaban J connectivity index is 1.84. The fourth-order valence-corrected chi connectivity index (χ4v) is 4.80. The number of nitrogens with one attached hydrogen (secondary N) is 2.